The van der Waals surface area contributed by atoms with Crippen molar-refractivity contribution in [3.05, 3.63) is 64.7 Å². The van der Waals surface area contributed by atoms with Gasteiger partial charge in [0.2, 0.25) is 0 Å². The first-order valence-corrected chi connectivity index (χ1v) is 10.1. The summed E-state index contributed by atoms with van der Waals surface area (Å²) in [6.45, 7) is 5.32. The molecule has 1 aliphatic heterocycles. The van der Waals surface area contributed by atoms with Gasteiger partial charge in [-0.05, 0) is 36.8 Å². The number of aryl methyl sites for hydroxylation is 1. The topological polar surface area (TPSA) is 70.0 Å². The Morgan fingerprint density at radius 3 is 2.23 bits per heavy atom. The van der Waals surface area contributed by atoms with E-state index >= 15 is 0 Å². The lowest BCUT2D eigenvalue weighted by Gasteiger charge is -2.31. The Bertz CT molecular complexity index is 936. The molecule has 7 heteroatoms. The van der Waals surface area contributed by atoms with Gasteiger partial charge in [-0.25, -0.2) is 0 Å². The highest BCUT2D eigenvalue weighted by Gasteiger charge is 2.49. The van der Waals surface area contributed by atoms with Crippen molar-refractivity contribution >= 4 is 27.3 Å². The van der Waals surface area contributed by atoms with Gasteiger partial charge >= 0.3 is 0 Å². The largest absolute Gasteiger partial charge is 0.394 e. The number of aliphatic hydroxyl groups excluding tert-OH is 1. The lowest BCUT2D eigenvalue weighted by atomic mass is 9.78. The third-order valence-electron chi connectivity index (χ3n) is 4.76. The van der Waals surface area contributed by atoms with Crippen LogP contribution in [0.5, 0.6) is 0 Å². The van der Waals surface area contributed by atoms with Gasteiger partial charge in [-0.15, -0.1) is 0 Å². The van der Waals surface area contributed by atoms with Gasteiger partial charge < -0.3 is 5.11 Å². The standard InChI is InChI=1S/C19H21ClN2O3S/c1-13-4-10-16(11-5-13)26(24,25)22-17(12-23)19(2,3)18(21-22)14-6-8-15(20)9-7-14/h4-11,17,23H,12H2,1-3H3. The van der Waals surface area contributed by atoms with Crippen LogP contribution in [0, 0.1) is 12.3 Å². The molecule has 0 bridgehead atoms. The minimum Gasteiger partial charge on any atom is -0.394 e. The smallest absolute Gasteiger partial charge is 0.279 e. The molecule has 0 spiro atoms. The van der Waals surface area contributed by atoms with Crippen LogP contribution in [0.25, 0.3) is 0 Å². The molecule has 138 valence electrons. The van der Waals surface area contributed by atoms with Crippen LogP contribution in [-0.2, 0) is 10.0 Å². The first-order valence-electron chi connectivity index (χ1n) is 8.25. The lowest BCUT2D eigenvalue weighted by molar-refractivity contribution is 0.150. The molecular formula is C19H21ClN2O3S. The summed E-state index contributed by atoms with van der Waals surface area (Å²) in [5.41, 5.74) is 1.68. The van der Waals surface area contributed by atoms with Crippen LogP contribution in [0.2, 0.25) is 5.02 Å². The molecule has 2 aromatic carbocycles. The van der Waals surface area contributed by atoms with Gasteiger partial charge in [0, 0.05) is 10.4 Å². The molecule has 0 radical (unpaired) electrons. The fourth-order valence-electron chi connectivity index (χ4n) is 3.11. The maximum absolute atomic E-state index is 13.1. The highest BCUT2D eigenvalue weighted by atomic mass is 35.5. The fraction of sp³-hybridized carbons (Fsp3) is 0.316. The van der Waals surface area contributed by atoms with E-state index in [2.05, 4.69) is 5.10 Å². The lowest BCUT2D eigenvalue weighted by Crippen LogP contribution is -2.44. The van der Waals surface area contributed by atoms with Crippen molar-refractivity contribution in [3.8, 4) is 0 Å². The molecule has 5 nitrogen and oxygen atoms in total. The Hall–Kier alpha value is -1.89. The van der Waals surface area contributed by atoms with E-state index < -0.39 is 21.5 Å². The van der Waals surface area contributed by atoms with Crippen LogP contribution in [0.1, 0.15) is 25.0 Å². The zero-order chi connectivity index (χ0) is 19.1. The van der Waals surface area contributed by atoms with Crippen LogP contribution in [0.4, 0.5) is 0 Å². The molecule has 3 rings (SSSR count). The number of hydrogen-bond acceptors (Lipinski definition) is 4. The number of benzene rings is 2. The number of rotatable bonds is 4. The van der Waals surface area contributed by atoms with E-state index in [9.17, 15) is 13.5 Å². The van der Waals surface area contributed by atoms with Crippen molar-refractivity contribution in [3.63, 3.8) is 0 Å². The number of aliphatic hydroxyl groups is 1. The number of hydrogen-bond donors (Lipinski definition) is 1. The summed E-state index contributed by atoms with van der Waals surface area (Å²) in [4.78, 5) is 0.151. The van der Waals surface area contributed by atoms with Crippen LogP contribution < -0.4 is 0 Å². The number of sulfonamides is 1. The van der Waals surface area contributed by atoms with E-state index in [1.54, 1.807) is 48.5 Å². The predicted octanol–water partition coefficient (Wildman–Crippen LogP) is 3.44. The zero-order valence-electron chi connectivity index (χ0n) is 14.8. The first kappa shape index (κ1) is 18.9. The molecule has 1 heterocycles. The first-order chi connectivity index (χ1) is 12.2. The Morgan fingerprint density at radius 1 is 1.12 bits per heavy atom. The number of hydrazone groups is 1. The van der Waals surface area contributed by atoms with Crippen molar-refractivity contribution in [2.45, 2.75) is 31.7 Å². The summed E-state index contributed by atoms with van der Waals surface area (Å²) in [5, 5.41) is 14.9. The van der Waals surface area contributed by atoms with E-state index in [-0.39, 0.29) is 11.5 Å². The molecule has 0 aliphatic carbocycles. The summed E-state index contributed by atoms with van der Waals surface area (Å²) in [6, 6.07) is 13.0. The van der Waals surface area contributed by atoms with Gasteiger partial charge in [0.05, 0.1) is 23.3 Å². The van der Waals surface area contributed by atoms with Gasteiger partial charge in [-0.3, -0.25) is 0 Å². The molecule has 26 heavy (non-hydrogen) atoms. The molecule has 0 saturated carbocycles. The molecule has 0 amide bonds. The number of halogens is 1. The maximum Gasteiger partial charge on any atom is 0.279 e. The minimum atomic E-state index is -3.88. The second kappa shape index (κ2) is 6.68. The Balaban J connectivity index is 2.10. The quantitative estimate of drug-likeness (QED) is 0.866. The average molecular weight is 393 g/mol. The molecule has 1 atom stereocenters. The van der Waals surface area contributed by atoms with E-state index in [4.69, 9.17) is 11.6 Å². The predicted molar refractivity (Wildman–Crippen MR) is 103 cm³/mol. The van der Waals surface area contributed by atoms with Crippen LogP contribution >= 0.6 is 11.6 Å². The van der Waals surface area contributed by atoms with Crippen molar-refractivity contribution in [1.29, 1.82) is 0 Å². The average Bonchev–Trinajstić information content (AvgIpc) is 2.87. The highest BCUT2D eigenvalue weighted by Crippen LogP contribution is 2.39. The fourth-order valence-corrected chi connectivity index (χ4v) is 4.78. The van der Waals surface area contributed by atoms with Crippen LogP contribution in [0.3, 0.4) is 0 Å². The van der Waals surface area contributed by atoms with Crippen molar-refractivity contribution < 1.29 is 13.5 Å². The van der Waals surface area contributed by atoms with Crippen molar-refractivity contribution in [2.24, 2.45) is 10.5 Å². The minimum absolute atomic E-state index is 0.151. The summed E-state index contributed by atoms with van der Waals surface area (Å²) < 4.78 is 27.3. The normalized spacial score (nSPS) is 19.5. The molecular weight excluding hydrogens is 372 g/mol. The summed E-state index contributed by atoms with van der Waals surface area (Å²) >= 11 is 5.95. The van der Waals surface area contributed by atoms with Gasteiger partial charge in [-0.1, -0.05) is 55.3 Å². The third-order valence-corrected chi connectivity index (χ3v) is 6.71. The van der Waals surface area contributed by atoms with E-state index in [1.165, 1.54) is 0 Å². The molecule has 1 aliphatic rings. The van der Waals surface area contributed by atoms with E-state index in [0.29, 0.717) is 10.7 Å². The molecule has 1 N–H and O–H groups in total. The van der Waals surface area contributed by atoms with E-state index in [0.717, 1.165) is 15.5 Å². The molecule has 2 aromatic rings. The Labute approximate surface area is 159 Å². The molecule has 0 fully saturated rings. The van der Waals surface area contributed by atoms with Gasteiger partial charge in [0.15, 0.2) is 0 Å². The Kier molecular flexibility index (Phi) is 4.86. The van der Waals surface area contributed by atoms with Gasteiger partial charge in [0.25, 0.3) is 10.0 Å². The second-order valence-corrected chi connectivity index (χ2v) is 9.20. The summed E-state index contributed by atoms with van der Waals surface area (Å²) in [5.74, 6) is 0. The third kappa shape index (κ3) is 3.13. The van der Waals surface area contributed by atoms with Gasteiger partial charge in [0.1, 0.15) is 0 Å². The number of nitrogens with zero attached hydrogens (tertiary/aromatic N) is 2. The monoisotopic (exact) mass is 392 g/mol. The van der Waals surface area contributed by atoms with Crippen molar-refractivity contribution in [1.82, 2.24) is 4.41 Å². The molecule has 0 saturated heterocycles. The van der Waals surface area contributed by atoms with E-state index in [1.807, 2.05) is 20.8 Å². The summed E-state index contributed by atoms with van der Waals surface area (Å²) in [7, 11) is -3.88. The highest BCUT2D eigenvalue weighted by molar-refractivity contribution is 7.89. The summed E-state index contributed by atoms with van der Waals surface area (Å²) in [6.07, 6.45) is 0. The zero-order valence-corrected chi connectivity index (χ0v) is 16.4. The van der Waals surface area contributed by atoms with Gasteiger partial charge in [-0.2, -0.15) is 17.9 Å². The molecule has 0 aromatic heterocycles. The van der Waals surface area contributed by atoms with Crippen molar-refractivity contribution in [2.75, 3.05) is 6.61 Å². The second-order valence-electron chi connectivity index (χ2n) is 6.97. The Morgan fingerprint density at radius 2 is 1.69 bits per heavy atom. The van der Waals surface area contributed by atoms with Crippen LogP contribution in [-0.4, -0.2) is 36.3 Å². The molecule has 1 unspecified atom stereocenters. The van der Waals surface area contributed by atoms with Crippen LogP contribution in [0.15, 0.2) is 58.5 Å². The maximum atomic E-state index is 13.1. The SMILES string of the molecule is Cc1ccc(S(=O)(=O)N2N=C(c3ccc(Cl)cc3)C(C)(C)C2CO)cc1.